The van der Waals surface area contributed by atoms with Crippen LogP contribution in [-0.2, 0) is 9.53 Å². The molecule has 0 heterocycles. The summed E-state index contributed by atoms with van der Waals surface area (Å²) in [6.45, 7) is 1.37. The van der Waals surface area contributed by atoms with Gasteiger partial charge in [-0.3, -0.25) is 4.79 Å². The van der Waals surface area contributed by atoms with E-state index in [1.165, 1.54) is 0 Å². The van der Waals surface area contributed by atoms with Gasteiger partial charge in [0.1, 0.15) is 0 Å². The molecule has 0 aromatic heterocycles. The highest BCUT2D eigenvalue weighted by Crippen LogP contribution is 1.95. The van der Waals surface area contributed by atoms with Crippen molar-refractivity contribution in [2.24, 2.45) is 5.73 Å². The highest BCUT2D eigenvalue weighted by Gasteiger charge is 2.11. The number of hydrogen-bond donors (Lipinski definition) is 3. The number of aliphatic hydroxyl groups excluding tert-OH is 1. The molecular formula is C10H22N2O3. The Bertz CT molecular complexity index is 165. The summed E-state index contributed by atoms with van der Waals surface area (Å²) < 4.78 is 4.87. The lowest BCUT2D eigenvalue weighted by atomic mass is 10.1. The number of unbranched alkanes of at least 4 members (excludes halogenated alkanes) is 1. The van der Waals surface area contributed by atoms with Gasteiger partial charge in [-0.25, -0.2) is 0 Å². The molecule has 1 unspecified atom stereocenters. The van der Waals surface area contributed by atoms with Crippen molar-refractivity contribution >= 4 is 5.91 Å². The third kappa shape index (κ3) is 8.35. The van der Waals surface area contributed by atoms with Crippen LogP contribution in [0, 0.1) is 0 Å². The Labute approximate surface area is 91.0 Å². The fraction of sp³-hybridized carbons (Fsp3) is 0.900. The topological polar surface area (TPSA) is 84.6 Å². The fourth-order valence-corrected chi connectivity index (χ4v) is 1.16. The van der Waals surface area contributed by atoms with Gasteiger partial charge in [-0.05, 0) is 25.7 Å². The first-order valence-electron chi connectivity index (χ1n) is 5.35. The monoisotopic (exact) mass is 218 g/mol. The van der Waals surface area contributed by atoms with Crippen molar-refractivity contribution in [3.8, 4) is 0 Å². The minimum absolute atomic E-state index is 0.121. The lowest BCUT2D eigenvalue weighted by molar-refractivity contribution is -0.122. The van der Waals surface area contributed by atoms with Crippen LogP contribution in [0.3, 0.4) is 0 Å². The van der Waals surface area contributed by atoms with Gasteiger partial charge in [0.2, 0.25) is 5.91 Å². The van der Waals surface area contributed by atoms with Gasteiger partial charge < -0.3 is 20.9 Å². The van der Waals surface area contributed by atoms with Crippen LogP contribution in [0.1, 0.15) is 25.7 Å². The van der Waals surface area contributed by atoms with Crippen LogP contribution in [-0.4, -0.2) is 43.9 Å². The van der Waals surface area contributed by atoms with Gasteiger partial charge in [0, 0.05) is 26.9 Å². The number of carbonyl (C=O) groups excluding carboxylic acids is 1. The lowest BCUT2D eigenvalue weighted by Crippen LogP contribution is -2.41. The third-order valence-electron chi connectivity index (χ3n) is 2.08. The summed E-state index contributed by atoms with van der Waals surface area (Å²) in [5.74, 6) is -0.121. The molecule has 0 spiro atoms. The van der Waals surface area contributed by atoms with E-state index in [2.05, 4.69) is 5.32 Å². The average Bonchev–Trinajstić information content (AvgIpc) is 2.24. The zero-order chi connectivity index (χ0) is 11.5. The van der Waals surface area contributed by atoms with Crippen LogP contribution in [0.2, 0.25) is 0 Å². The minimum atomic E-state index is -0.450. The van der Waals surface area contributed by atoms with E-state index in [-0.39, 0.29) is 12.5 Å². The van der Waals surface area contributed by atoms with Gasteiger partial charge in [-0.15, -0.1) is 0 Å². The predicted octanol–water partition coefficient (Wildman–Crippen LogP) is -0.371. The molecule has 1 atom stereocenters. The molecular weight excluding hydrogens is 196 g/mol. The van der Waals surface area contributed by atoms with Crippen LogP contribution in [0.15, 0.2) is 0 Å². The Morgan fingerprint density at radius 2 is 2.20 bits per heavy atom. The van der Waals surface area contributed by atoms with Crippen LogP contribution >= 0.6 is 0 Å². The van der Waals surface area contributed by atoms with Crippen molar-refractivity contribution in [1.82, 2.24) is 5.32 Å². The van der Waals surface area contributed by atoms with Crippen molar-refractivity contribution in [2.75, 3.05) is 26.9 Å². The molecule has 0 saturated carbocycles. The number of carbonyl (C=O) groups is 1. The maximum Gasteiger partial charge on any atom is 0.236 e. The molecule has 15 heavy (non-hydrogen) atoms. The maximum atomic E-state index is 11.4. The molecule has 0 aliphatic carbocycles. The summed E-state index contributed by atoms with van der Waals surface area (Å²) in [5.41, 5.74) is 5.66. The number of rotatable bonds is 9. The molecule has 0 saturated heterocycles. The summed E-state index contributed by atoms with van der Waals surface area (Å²) in [4.78, 5) is 11.4. The largest absolute Gasteiger partial charge is 0.396 e. The van der Waals surface area contributed by atoms with E-state index in [9.17, 15) is 4.79 Å². The molecule has 0 bridgehead atoms. The zero-order valence-corrected chi connectivity index (χ0v) is 9.37. The molecule has 0 aromatic carbocycles. The molecule has 0 aliphatic heterocycles. The Morgan fingerprint density at radius 3 is 2.80 bits per heavy atom. The number of aliphatic hydroxyl groups is 1. The first-order chi connectivity index (χ1) is 7.22. The number of nitrogens with two attached hydrogens (primary N) is 1. The molecule has 0 radical (unpaired) electrons. The summed E-state index contributed by atoms with van der Waals surface area (Å²) in [6, 6.07) is -0.450. The minimum Gasteiger partial charge on any atom is -0.396 e. The maximum absolute atomic E-state index is 11.4. The SMILES string of the molecule is COCCCC(N)C(=O)NCCCCO. The number of amides is 1. The predicted molar refractivity (Wildman–Crippen MR) is 58.4 cm³/mol. The van der Waals surface area contributed by atoms with Crippen LogP contribution in [0.25, 0.3) is 0 Å². The van der Waals surface area contributed by atoms with Crippen LogP contribution < -0.4 is 11.1 Å². The number of methoxy groups -OCH3 is 1. The van der Waals surface area contributed by atoms with Crippen molar-refractivity contribution in [3.05, 3.63) is 0 Å². The molecule has 0 rings (SSSR count). The molecule has 0 aromatic rings. The van der Waals surface area contributed by atoms with E-state index in [1.54, 1.807) is 7.11 Å². The lowest BCUT2D eigenvalue weighted by Gasteiger charge is -2.11. The van der Waals surface area contributed by atoms with Crippen molar-refractivity contribution in [3.63, 3.8) is 0 Å². The molecule has 4 N–H and O–H groups in total. The summed E-state index contributed by atoms with van der Waals surface area (Å²) >= 11 is 0. The second-order valence-electron chi connectivity index (χ2n) is 3.46. The Kier molecular flexibility index (Phi) is 9.46. The highest BCUT2D eigenvalue weighted by molar-refractivity contribution is 5.81. The fourth-order valence-electron chi connectivity index (χ4n) is 1.16. The summed E-state index contributed by atoms with van der Waals surface area (Å²) in [7, 11) is 1.63. The smallest absolute Gasteiger partial charge is 0.236 e. The normalized spacial score (nSPS) is 12.5. The first-order valence-corrected chi connectivity index (χ1v) is 5.35. The highest BCUT2D eigenvalue weighted by atomic mass is 16.5. The van der Waals surface area contributed by atoms with Gasteiger partial charge in [0.15, 0.2) is 0 Å². The van der Waals surface area contributed by atoms with Gasteiger partial charge >= 0.3 is 0 Å². The molecule has 0 fully saturated rings. The van der Waals surface area contributed by atoms with Gasteiger partial charge in [0.25, 0.3) is 0 Å². The zero-order valence-electron chi connectivity index (χ0n) is 9.37. The van der Waals surface area contributed by atoms with Gasteiger partial charge in [-0.1, -0.05) is 0 Å². The molecule has 0 aliphatic rings. The standard InChI is InChI=1S/C10H22N2O3/c1-15-8-4-5-9(11)10(14)12-6-2-3-7-13/h9,13H,2-8,11H2,1H3,(H,12,14). The van der Waals surface area contributed by atoms with Gasteiger partial charge in [0.05, 0.1) is 6.04 Å². The van der Waals surface area contributed by atoms with E-state index >= 15 is 0 Å². The molecule has 90 valence electrons. The third-order valence-corrected chi connectivity index (χ3v) is 2.08. The quantitative estimate of drug-likeness (QED) is 0.461. The van der Waals surface area contributed by atoms with Crippen molar-refractivity contribution < 1.29 is 14.6 Å². The second kappa shape index (κ2) is 9.89. The second-order valence-corrected chi connectivity index (χ2v) is 3.46. The number of hydrogen-bond acceptors (Lipinski definition) is 4. The molecule has 5 heteroatoms. The van der Waals surface area contributed by atoms with E-state index in [1.807, 2.05) is 0 Å². The van der Waals surface area contributed by atoms with E-state index in [0.29, 0.717) is 26.0 Å². The van der Waals surface area contributed by atoms with Crippen molar-refractivity contribution in [2.45, 2.75) is 31.7 Å². The Morgan fingerprint density at radius 1 is 1.47 bits per heavy atom. The Balaban J connectivity index is 3.42. The molecule has 5 nitrogen and oxygen atoms in total. The van der Waals surface area contributed by atoms with Crippen molar-refractivity contribution in [1.29, 1.82) is 0 Å². The van der Waals surface area contributed by atoms with Crippen LogP contribution in [0.5, 0.6) is 0 Å². The summed E-state index contributed by atoms with van der Waals surface area (Å²) in [5, 5.41) is 11.3. The number of nitrogens with one attached hydrogen (secondary N) is 1. The Hall–Kier alpha value is -0.650. The summed E-state index contributed by atoms with van der Waals surface area (Å²) in [6.07, 6.45) is 2.92. The van der Waals surface area contributed by atoms with E-state index < -0.39 is 6.04 Å². The van der Waals surface area contributed by atoms with Gasteiger partial charge in [-0.2, -0.15) is 0 Å². The van der Waals surface area contributed by atoms with E-state index in [0.717, 1.165) is 12.8 Å². The van der Waals surface area contributed by atoms with E-state index in [4.69, 9.17) is 15.6 Å². The average molecular weight is 218 g/mol. The number of ether oxygens (including phenoxy) is 1. The van der Waals surface area contributed by atoms with Crippen LogP contribution in [0.4, 0.5) is 0 Å². The first kappa shape index (κ1) is 14.3. The molecule has 1 amide bonds.